The van der Waals surface area contributed by atoms with Crippen LogP contribution in [-0.4, -0.2) is 4.98 Å². The van der Waals surface area contributed by atoms with E-state index in [4.69, 9.17) is 9.40 Å². The summed E-state index contributed by atoms with van der Waals surface area (Å²) < 4.78 is 5.83. The topological polar surface area (TPSA) is 26.0 Å². The van der Waals surface area contributed by atoms with Crippen molar-refractivity contribution in [1.82, 2.24) is 4.98 Å². The monoisotopic (exact) mass is 597 g/mol. The Morgan fingerprint density at radius 2 is 1.69 bits per heavy atom. The number of nitrogens with zero attached hydrogens (tertiary/aromatic N) is 1. The van der Waals surface area contributed by atoms with Gasteiger partial charge in [-0.25, -0.2) is 0 Å². The Labute approximate surface area is 203 Å². The fourth-order valence-electron chi connectivity index (χ4n) is 4.22. The summed E-state index contributed by atoms with van der Waals surface area (Å²) in [5, 5.41) is 2.37. The predicted octanol–water partition coefficient (Wildman–Crippen LogP) is 7.97. The van der Waals surface area contributed by atoms with Gasteiger partial charge in [0.1, 0.15) is 5.52 Å². The van der Waals surface area contributed by atoms with Crippen molar-refractivity contribution in [2.24, 2.45) is 0 Å². The van der Waals surface area contributed by atoms with Crippen LogP contribution in [-0.2, 0) is 31.9 Å². The van der Waals surface area contributed by atoms with Crippen LogP contribution in [0.25, 0.3) is 44.3 Å². The Morgan fingerprint density at radius 3 is 2.41 bits per heavy atom. The molecular formula is C29H26IrNO-. The molecule has 32 heavy (non-hydrogen) atoms. The molecule has 2 aromatic heterocycles. The average molecular weight is 597 g/mol. The first kappa shape index (κ1) is 22.5. The molecule has 0 N–H and O–H groups in total. The zero-order valence-corrected chi connectivity index (χ0v) is 21.2. The van der Waals surface area contributed by atoms with Crippen molar-refractivity contribution < 1.29 is 24.5 Å². The predicted molar refractivity (Wildman–Crippen MR) is 129 cm³/mol. The van der Waals surface area contributed by atoms with Crippen molar-refractivity contribution >= 4 is 21.9 Å². The van der Waals surface area contributed by atoms with E-state index >= 15 is 0 Å². The van der Waals surface area contributed by atoms with Crippen molar-refractivity contribution in [3.05, 3.63) is 90.2 Å². The molecule has 0 saturated carbocycles. The summed E-state index contributed by atoms with van der Waals surface area (Å²) in [4.78, 5) is 4.93. The van der Waals surface area contributed by atoms with Gasteiger partial charge < -0.3 is 4.42 Å². The second-order valence-corrected chi connectivity index (χ2v) is 9.13. The van der Waals surface area contributed by atoms with Crippen LogP contribution in [0.1, 0.15) is 38.8 Å². The summed E-state index contributed by atoms with van der Waals surface area (Å²) >= 11 is 0. The quantitative estimate of drug-likeness (QED) is 0.198. The largest absolute Gasteiger partial charge is 0.462 e. The number of rotatable bonds is 3. The molecule has 3 aromatic carbocycles. The molecule has 5 aromatic rings. The van der Waals surface area contributed by atoms with E-state index in [0.717, 1.165) is 45.3 Å². The smallest absolute Gasteiger partial charge is 0.158 e. The fraction of sp³-hybridized carbons (Fsp3) is 0.207. The van der Waals surface area contributed by atoms with Crippen LogP contribution in [0.3, 0.4) is 0 Å². The van der Waals surface area contributed by atoms with Gasteiger partial charge in [-0.15, -0.1) is 29.1 Å². The number of fused-ring (bicyclic) bond motifs is 2. The minimum absolute atomic E-state index is 0. The van der Waals surface area contributed by atoms with Crippen molar-refractivity contribution in [2.75, 3.05) is 0 Å². The average Bonchev–Trinajstić information content (AvgIpc) is 3.26. The Morgan fingerprint density at radius 1 is 0.938 bits per heavy atom. The van der Waals surface area contributed by atoms with Gasteiger partial charge >= 0.3 is 0 Å². The molecule has 3 heteroatoms. The van der Waals surface area contributed by atoms with Gasteiger partial charge in [0.15, 0.2) is 5.58 Å². The summed E-state index contributed by atoms with van der Waals surface area (Å²) in [6.45, 7) is 8.94. The minimum atomic E-state index is 0. The molecule has 0 aliphatic carbocycles. The summed E-state index contributed by atoms with van der Waals surface area (Å²) in [6, 6.07) is 27.1. The Hall–Kier alpha value is -2.74. The molecule has 2 heterocycles. The molecular weight excluding hydrogens is 571 g/mol. The number of hydrogen-bond acceptors (Lipinski definition) is 2. The number of furan rings is 1. The van der Waals surface area contributed by atoms with Gasteiger partial charge in [0.2, 0.25) is 0 Å². The minimum Gasteiger partial charge on any atom is -0.462 e. The first-order valence-electron chi connectivity index (χ1n) is 10.9. The van der Waals surface area contributed by atoms with Gasteiger partial charge in [0, 0.05) is 37.4 Å². The molecule has 0 aliphatic rings. The Kier molecular flexibility index (Phi) is 6.07. The number of aromatic nitrogens is 1. The van der Waals surface area contributed by atoms with Gasteiger partial charge in [0.25, 0.3) is 0 Å². The van der Waals surface area contributed by atoms with Crippen molar-refractivity contribution in [2.45, 2.75) is 39.5 Å². The standard InChI is InChI=1S/C29H26NO.Ir/c1-5-19-10-12-20(13-11-19)24-18-27(30-26-14-15-31-28(24)26)22-16-21-8-6-7-9-23(21)25(17-22)29(2,3)4;/h6-15,17-18H,5H2,1-4H3;/q-1;. The van der Waals surface area contributed by atoms with E-state index < -0.39 is 0 Å². The third-order valence-electron chi connectivity index (χ3n) is 5.94. The maximum atomic E-state index is 5.83. The molecule has 0 amide bonds. The van der Waals surface area contributed by atoms with E-state index in [2.05, 4.69) is 94.4 Å². The zero-order chi connectivity index (χ0) is 21.6. The molecule has 163 valence electrons. The summed E-state index contributed by atoms with van der Waals surface area (Å²) in [5.74, 6) is 0. The second-order valence-electron chi connectivity index (χ2n) is 9.13. The van der Waals surface area contributed by atoms with Gasteiger partial charge in [0.05, 0.1) is 6.26 Å². The van der Waals surface area contributed by atoms with Gasteiger partial charge in [-0.2, -0.15) is 0 Å². The molecule has 5 rings (SSSR count). The van der Waals surface area contributed by atoms with Crippen LogP contribution in [0.2, 0.25) is 0 Å². The first-order valence-corrected chi connectivity index (χ1v) is 10.9. The van der Waals surface area contributed by atoms with Crippen LogP contribution >= 0.6 is 0 Å². The van der Waals surface area contributed by atoms with E-state index in [9.17, 15) is 0 Å². The molecule has 0 saturated heterocycles. The van der Waals surface area contributed by atoms with Crippen LogP contribution < -0.4 is 0 Å². The number of aryl methyl sites for hydroxylation is 1. The van der Waals surface area contributed by atoms with Crippen molar-refractivity contribution in [3.63, 3.8) is 0 Å². The maximum Gasteiger partial charge on any atom is 0.158 e. The van der Waals surface area contributed by atoms with E-state index in [0.29, 0.717) is 0 Å². The van der Waals surface area contributed by atoms with Crippen LogP contribution in [0.5, 0.6) is 0 Å². The van der Waals surface area contributed by atoms with Gasteiger partial charge in [-0.3, -0.25) is 4.98 Å². The second kappa shape index (κ2) is 8.65. The SMILES string of the molecule is CCc1ccc(-c2cc(-c3[c-]c4ccccc4c(C(C)(C)C)c3)nc3ccoc23)cc1.[Ir]. The van der Waals surface area contributed by atoms with Gasteiger partial charge in [-0.05, 0) is 23.0 Å². The normalized spacial score (nSPS) is 11.6. The summed E-state index contributed by atoms with van der Waals surface area (Å²) in [6.07, 6.45) is 2.75. The van der Waals surface area contributed by atoms with Crippen LogP contribution in [0.4, 0.5) is 0 Å². The third-order valence-corrected chi connectivity index (χ3v) is 5.94. The third kappa shape index (κ3) is 4.03. The summed E-state index contributed by atoms with van der Waals surface area (Å²) in [5.41, 5.74) is 8.46. The molecule has 0 atom stereocenters. The Bertz CT molecular complexity index is 1390. The molecule has 1 radical (unpaired) electrons. The molecule has 2 nitrogen and oxygen atoms in total. The molecule has 0 aliphatic heterocycles. The van der Waals surface area contributed by atoms with Crippen molar-refractivity contribution in [1.29, 1.82) is 0 Å². The molecule has 0 fully saturated rings. The van der Waals surface area contributed by atoms with Crippen LogP contribution in [0, 0.1) is 6.07 Å². The summed E-state index contributed by atoms with van der Waals surface area (Å²) in [7, 11) is 0. The van der Waals surface area contributed by atoms with E-state index in [-0.39, 0.29) is 25.5 Å². The zero-order valence-electron chi connectivity index (χ0n) is 18.8. The molecule has 0 unspecified atom stereocenters. The van der Waals surface area contributed by atoms with Crippen LogP contribution in [0.15, 0.2) is 77.4 Å². The molecule has 0 spiro atoms. The number of pyridine rings is 1. The fourth-order valence-corrected chi connectivity index (χ4v) is 4.22. The number of hydrogen-bond donors (Lipinski definition) is 0. The van der Waals surface area contributed by atoms with Crippen molar-refractivity contribution in [3.8, 4) is 22.4 Å². The van der Waals surface area contributed by atoms with E-state index in [1.165, 1.54) is 16.5 Å². The van der Waals surface area contributed by atoms with E-state index in [1.54, 1.807) is 6.26 Å². The van der Waals surface area contributed by atoms with Gasteiger partial charge in [-0.1, -0.05) is 87.2 Å². The first-order chi connectivity index (χ1) is 14.9. The Balaban J connectivity index is 0.00000245. The number of benzene rings is 3. The van der Waals surface area contributed by atoms with E-state index in [1.807, 2.05) is 6.07 Å². The molecule has 0 bridgehead atoms. The maximum absolute atomic E-state index is 5.83.